The SMILES string of the molecule is CCN(c1ccc(CO)c(Cl)c1)C1CCCCC1. The summed E-state index contributed by atoms with van der Waals surface area (Å²) in [5, 5.41) is 9.83. The number of benzene rings is 1. The van der Waals surface area contributed by atoms with Crippen molar-refractivity contribution in [3.05, 3.63) is 28.8 Å². The van der Waals surface area contributed by atoms with Crippen molar-refractivity contribution in [3.63, 3.8) is 0 Å². The van der Waals surface area contributed by atoms with Gasteiger partial charge in [0.2, 0.25) is 0 Å². The Bertz CT molecular complexity index is 388. The van der Waals surface area contributed by atoms with Gasteiger partial charge in [0.05, 0.1) is 6.61 Å². The van der Waals surface area contributed by atoms with E-state index in [1.54, 1.807) is 0 Å². The molecule has 0 spiro atoms. The van der Waals surface area contributed by atoms with Crippen LogP contribution in [0.1, 0.15) is 44.6 Å². The fourth-order valence-corrected chi connectivity index (χ4v) is 3.12. The highest BCUT2D eigenvalue weighted by Crippen LogP contribution is 2.30. The van der Waals surface area contributed by atoms with E-state index in [1.807, 2.05) is 12.1 Å². The molecule has 1 aliphatic rings. The Balaban J connectivity index is 2.18. The first-order chi connectivity index (χ1) is 8.76. The summed E-state index contributed by atoms with van der Waals surface area (Å²) >= 11 is 6.18. The largest absolute Gasteiger partial charge is 0.392 e. The first kappa shape index (κ1) is 13.7. The van der Waals surface area contributed by atoms with Crippen molar-refractivity contribution in [3.8, 4) is 0 Å². The lowest BCUT2D eigenvalue weighted by atomic mass is 9.93. The molecule has 0 atom stereocenters. The highest BCUT2D eigenvalue weighted by atomic mass is 35.5. The molecule has 0 saturated heterocycles. The molecule has 1 aliphatic carbocycles. The predicted octanol–water partition coefficient (Wildman–Crippen LogP) is 3.99. The van der Waals surface area contributed by atoms with Crippen LogP contribution in [-0.2, 0) is 6.61 Å². The average Bonchev–Trinajstić information content (AvgIpc) is 2.41. The highest BCUT2D eigenvalue weighted by molar-refractivity contribution is 6.31. The van der Waals surface area contributed by atoms with Crippen LogP contribution in [0.5, 0.6) is 0 Å². The Morgan fingerprint density at radius 2 is 2.00 bits per heavy atom. The van der Waals surface area contributed by atoms with E-state index >= 15 is 0 Å². The average molecular weight is 268 g/mol. The second kappa shape index (κ2) is 6.44. The normalized spacial score (nSPS) is 16.8. The molecule has 2 nitrogen and oxygen atoms in total. The van der Waals surface area contributed by atoms with E-state index < -0.39 is 0 Å². The van der Waals surface area contributed by atoms with Crippen molar-refractivity contribution in [2.75, 3.05) is 11.4 Å². The Labute approximate surface area is 115 Å². The standard InChI is InChI=1S/C15H22ClNO/c1-2-17(13-6-4-3-5-7-13)14-9-8-12(11-18)15(16)10-14/h8-10,13,18H,2-7,11H2,1H3. The third-order valence-electron chi connectivity index (χ3n) is 3.89. The Hall–Kier alpha value is -0.730. The van der Waals surface area contributed by atoms with Gasteiger partial charge in [-0.05, 0) is 37.5 Å². The van der Waals surface area contributed by atoms with Gasteiger partial charge in [-0.3, -0.25) is 0 Å². The predicted molar refractivity (Wildman–Crippen MR) is 77.3 cm³/mol. The molecule has 1 fully saturated rings. The van der Waals surface area contributed by atoms with E-state index in [-0.39, 0.29) is 6.61 Å². The molecular weight excluding hydrogens is 246 g/mol. The molecule has 18 heavy (non-hydrogen) atoms. The molecule has 1 aromatic rings. The summed E-state index contributed by atoms with van der Waals surface area (Å²) in [4.78, 5) is 2.45. The second-order valence-electron chi connectivity index (χ2n) is 5.01. The maximum absolute atomic E-state index is 9.16. The summed E-state index contributed by atoms with van der Waals surface area (Å²) in [5.41, 5.74) is 1.99. The quantitative estimate of drug-likeness (QED) is 0.892. The zero-order valence-corrected chi connectivity index (χ0v) is 11.8. The van der Waals surface area contributed by atoms with Crippen LogP contribution in [0.2, 0.25) is 5.02 Å². The summed E-state index contributed by atoms with van der Waals surface area (Å²) in [5.74, 6) is 0. The van der Waals surface area contributed by atoms with Crippen LogP contribution < -0.4 is 4.90 Å². The van der Waals surface area contributed by atoms with Gasteiger partial charge in [0.15, 0.2) is 0 Å². The van der Waals surface area contributed by atoms with Gasteiger partial charge in [-0.15, -0.1) is 0 Å². The molecule has 1 saturated carbocycles. The molecule has 100 valence electrons. The van der Waals surface area contributed by atoms with Crippen molar-refractivity contribution in [2.45, 2.75) is 51.7 Å². The van der Waals surface area contributed by atoms with Crippen LogP contribution in [-0.4, -0.2) is 17.7 Å². The van der Waals surface area contributed by atoms with Crippen molar-refractivity contribution in [1.29, 1.82) is 0 Å². The highest BCUT2D eigenvalue weighted by Gasteiger charge is 2.20. The van der Waals surface area contributed by atoms with Crippen LogP contribution in [0.4, 0.5) is 5.69 Å². The van der Waals surface area contributed by atoms with Crippen LogP contribution in [0.15, 0.2) is 18.2 Å². The lowest BCUT2D eigenvalue weighted by Gasteiger charge is -2.35. The van der Waals surface area contributed by atoms with Gasteiger partial charge in [0.1, 0.15) is 0 Å². The zero-order chi connectivity index (χ0) is 13.0. The molecule has 0 amide bonds. The molecule has 0 radical (unpaired) electrons. The summed E-state index contributed by atoms with van der Waals surface area (Å²) in [6.45, 7) is 3.22. The van der Waals surface area contributed by atoms with Gasteiger partial charge in [-0.2, -0.15) is 0 Å². The minimum absolute atomic E-state index is 0.00860. The fourth-order valence-electron chi connectivity index (χ4n) is 2.89. The summed E-state index contributed by atoms with van der Waals surface area (Å²) in [6.07, 6.45) is 6.62. The number of aliphatic hydroxyl groups is 1. The number of halogens is 1. The number of hydrogen-bond acceptors (Lipinski definition) is 2. The Kier molecular flexibility index (Phi) is 4.90. The topological polar surface area (TPSA) is 23.5 Å². The van der Waals surface area contributed by atoms with Gasteiger partial charge in [-0.1, -0.05) is 36.9 Å². The van der Waals surface area contributed by atoms with Gasteiger partial charge in [-0.25, -0.2) is 0 Å². The van der Waals surface area contributed by atoms with Gasteiger partial charge in [0.25, 0.3) is 0 Å². The van der Waals surface area contributed by atoms with Gasteiger partial charge < -0.3 is 10.0 Å². The monoisotopic (exact) mass is 267 g/mol. The molecule has 0 aromatic heterocycles. The van der Waals surface area contributed by atoms with Crippen molar-refractivity contribution in [1.82, 2.24) is 0 Å². The Morgan fingerprint density at radius 1 is 1.28 bits per heavy atom. The van der Waals surface area contributed by atoms with E-state index in [0.29, 0.717) is 11.1 Å². The minimum Gasteiger partial charge on any atom is -0.392 e. The molecule has 0 heterocycles. The van der Waals surface area contributed by atoms with E-state index in [0.717, 1.165) is 12.1 Å². The lowest BCUT2D eigenvalue weighted by molar-refractivity contribution is 0.282. The van der Waals surface area contributed by atoms with E-state index in [2.05, 4.69) is 17.9 Å². The molecule has 2 rings (SSSR count). The van der Waals surface area contributed by atoms with Crippen LogP contribution in [0.3, 0.4) is 0 Å². The summed E-state index contributed by atoms with van der Waals surface area (Å²) in [6, 6.07) is 6.66. The van der Waals surface area contributed by atoms with Crippen LogP contribution in [0, 0.1) is 0 Å². The first-order valence-electron chi connectivity index (χ1n) is 6.92. The van der Waals surface area contributed by atoms with E-state index in [1.165, 1.54) is 37.8 Å². The smallest absolute Gasteiger partial charge is 0.0696 e. The fraction of sp³-hybridized carbons (Fsp3) is 0.600. The van der Waals surface area contributed by atoms with Gasteiger partial charge in [0, 0.05) is 23.3 Å². The van der Waals surface area contributed by atoms with Crippen LogP contribution in [0.25, 0.3) is 0 Å². The maximum atomic E-state index is 9.16. The number of aliphatic hydroxyl groups excluding tert-OH is 1. The molecular formula is C15H22ClNO. The number of hydrogen-bond donors (Lipinski definition) is 1. The van der Waals surface area contributed by atoms with E-state index in [9.17, 15) is 0 Å². The van der Waals surface area contributed by atoms with Crippen molar-refractivity contribution < 1.29 is 5.11 Å². The lowest BCUT2D eigenvalue weighted by Crippen LogP contribution is -2.36. The Morgan fingerprint density at radius 3 is 2.56 bits per heavy atom. The summed E-state index contributed by atoms with van der Waals surface area (Å²) < 4.78 is 0. The molecule has 3 heteroatoms. The third-order valence-corrected chi connectivity index (χ3v) is 4.25. The molecule has 1 N–H and O–H groups in total. The van der Waals surface area contributed by atoms with Crippen LogP contribution >= 0.6 is 11.6 Å². The number of nitrogens with zero attached hydrogens (tertiary/aromatic N) is 1. The zero-order valence-electron chi connectivity index (χ0n) is 11.0. The van der Waals surface area contributed by atoms with Crippen molar-refractivity contribution in [2.24, 2.45) is 0 Å². The maximum Gasteiger partial charge on any atom is 0.0696 e. The van der Waals surface area contributed by atoms with E-state index in [4.69, 9.17) is 16.7 Å². The van der Waals surface area contributed by atoms with Gasteiger partial charge >= 0.3 is 0 Å². The molecule has 0 bridgehead atoms. The van der Waals surface area contributed by atoms with Crippen molar-refractivity contribution >= 4 is 17.3 Å². The molecule has 0 aliphatic heterocycles. The number of rotatable bonds is 4. The summed E-state index contributed by atoms with van der Waals surface area (Å²) in [7, 11) is 0. The third kappa shape index (κ3) is 2.99. The first-order valence-corrected chi connectivity index (χ1v) is 7.30. The molecule has 1 aromatic carbocycles. The second-order valence-corrected chi connectivity index (χ2v) is 5.42. The molecule has 0 unspecified atom stereocenters. The minimum atomic E-state index is 0.00860. The number of anilines is 1.